The Morgan fingerprint density at radius 2 is 1.80 bits per heavy atom. The highest BCUT2D eigenvalue weighted by atomic mass is 35.5. The monoisotopic (exact) mass is 377 g/mol. The molecular weight excluding hydrogens is 361 g/mol. The number of anilines is 1. The Labute approximate surface area is 156 Å². The van der Waals surface area contributed by atoms with Crippen LogP contribution in [0, 0.1) is 6.92 Å². The largest absolute Gasteiger partial charge is 0.325 e. The van der Waals surface area contributed by atoms with Crippen LogP contribution < -0.4 is 10.7 Å². The maximum absolute atomic E-state index is 11.9. The zero-order chi connectivity index (χ0) is 18.2. The van der Waals surface area contributed by atoms with Gasteiger partial charge in [-0.05, 0) is 36.2 Å². The quantitative estimate of drug-likeness (QED) is 0.585. The number of rotatable bonds is 6. The standard InChI is InChI=1S/C18H17Cl2N3O2/c1-12-4-2-3-5-13(12)11-21-23-18(25)9-8-17(24)22-16-7-6-14(19)10-15(16)20/h2-7,10-11H,8-9H2,1H3,(H,22,24)(H,23,25)/b21-11+. The Hall–Kier alpha value is -2.37. The minimum atomic E-state index is -0.345. The summed E-state index contributed by atoms with van der Waals surface area (Å²) in [6.45, 7) is 1.95. The zero-order valence-electron chi connectivity index (χ0n) is 13.6. The lowest BCUT2D eigenvalue weighted by Gasteiger charge is -2.07. The second-order valence-corrected chi connectivity index (χ2v) is 6.17. The van der Waals surface area contributed by atoms with Crippen molar-refractivity contribution in [1.29, 1.82) is 0 Å². The topological polar surface area (TPSA) is 70.6 Å². The normalized spacial score (nSPS) is 10.7. The van der Waals surface area contributed by atoms with Crippen LogP contribution in [0.15, 0.2) is 47.6 Å². The first-order valence-corrected chi connectivity index (χ1v) is 8.34. The molecule has 0 saturated carbocycles. The number of halogens is 2. The zero-order valence-corrected chi connectivity index (χ0v) is 15.1. The summed E-state index contributed by atoms with van der Waals surface area (Å²) in [5, 5.41) is 7.35. The van der Waals surface area contributed by atoms with Crippen LogP contribution in [0.2, 0.25) is 10.0 Å². The van der Waals surface area contributed by atoms with Crippen molar-refractivity contribution in [3.63, 3.8) is 0 Å². The van der Waals surface area contributed by atoms with Gasteiger partial charge in [0.15, 0.2) is 0 Å². The number of hydrazone groups is 1. The molecule has 25 heavy (non-hydrogen) atoms. The lowest BCUT2D eigenvalue weighted by atomic mass is 10.1. The summed E-state index contributed by atoms with van der Waals surface area (Å²) >= 11 is 11.8. The lowest BCUT2D eigenvalue weighted by molar-refractivity contribution is -0.124. The van der Waals surface area contributed by atoms with E-state index in [0.717, 1.165) is 11.1 Å². The van der Waals surface area contributed by atoms with Crippen LogP contribution in [0.25, 0.3) is 0 Å². The fourth-order valence-electron chi connectivity index (χ4n) is 1.99. The van der Waals surface area contributed by atoms with Crippen molar-refractivity contribution < 1.29 is 9.59 Å². The molecule has 5 nitrogen and oxygen atoms in total. The average Bonchev–Trinajstić information content (AvgIpc) is 2.57. The molecule has 2 rings (SSSR count). The van der Waals surface area contributed by atoms with Crippen LogP contribution in [0.1, 0.15) is 24.0 Å². The van der Waals surface area contributed by atoms with Gasteiger partial charge in [-0.2, -0.15) is 5.10 Å². The SMILES string of the molecule is Cc1ccccc1/C=N/NC(=O)CCC(=O)Nc1ccc(Cl)cc1Cl. The van der Waals surface area contributed by atoms with Crippen molar-refractivity contribution in [2.24, 2.45) is 5.10 Å². The summed E-state index contributed by atoms with van der Waals surface area (Å²) in [6.07, 6.45) is 1.60. The molecular formula is C18H17Cl2N3O2. The van der Waals surface area contributed by atoms with Gasteiger partial charge in [0, 0.05) is 17.9 Å². The van der Waals surface area contributed by atoms with Crippen molar-refractivity contribution >= 4 is 46.9 Å². The number of amides is 2. The van der Waals surface area contributed by atoms with E-state index in [0.29, 0.717) is 15.7 Å². The van der Waals surface area contributed by atoms with E-state index < -0.39 is 0 Å². The van der Waals surface area contributed by atoms with E-state index in [-0.39, 0.29) is 24.7 Å². The predicted octanol–water partition coefficient (Wildman–Crippen LogP) is 4.17. The molecule has 0 aliphatic carbocycles. The number of benzene rings is 2. The summed E-state index contributed by atoms with van der Waals surface area (Å²) in [6, 6.07) is 12.4. The Kier molecular flexibility index (Phi) is 6.98. The van der Waals surface area contributed by atoms with Gasteiger partial charge >= 0.3 is 0 Å². The van der Waals surface area contributed by atoms with E-state index in [1.807, 2.05) is 31.2 Å². The molecule has 2 aromatic carbocycles. The number of hydrogen-bond donors (Lipinski definition) is 2. The Morgan fingerprint density at radius 1 is 1.08 bits per heavy atom. The summed E-state index contributed by atoms with van der Waals surface area (Å²) in [5.41, 5.74) is 4.83. The number of nitrogens with zero attached hydrogens (tertiary/aromatic N) is 1. The Morgan fingerprint density at radius 3 is 2.52 bits per heavy atom. The van der Waals surface area contributed by atoms with E-state index in [1.165, 1.54) is 6.07 Å². The van der Waals surface area contributed by atoms with Crippen LogP contribution in [0.5, 0.6) is 0 Å². The van der Waals surface area contributed by atoms with Crippen molar-refractivity contribution in [1.82, 2.24) is 5.43 Å². The van der Waals surface area contributed by atoms with Gasteiger partial charge in [-0.25, -0.2) is 5.43 Å². The maximum atomic E-state index is 11.9. The summed E-state index contributed by atoms with van der Waals surface area (Å²) in [5.74, 6) is -0.663. The molecule has 0 spiro atoms. The molecule has 0 saturated heterocycles. The van der Waals surface area contributed by atoms with Gasteiger partial charge < -0.3 is 5.32 Å². The van der Waals surface area contributed by atoms with E-state index in [1.54, 1.807) is 18.3 Å². The maximum Gasteiger partial charge on any atom is 0.240 e. The summed E-state index contributed by atoms with van der Waals surface area (Å²) in [4.78, 5) is 23.6. The molecule has 0 aromatic heterocycles. The lowest BCUT2D eigenvalue weighted by Crippen LogP contribution is -2.20. The third-order valence-electron chi connectivity index (χ3n) is 3.37. The molecule has 0 aliphatic rings. The number of nitrogens with one attached hydrogen (secondary N) is 2. The van der Waals surface area contributed by atoms with Crippen molar-refractivity contribution in [3.05, 3.63) is 63.6 Å². The van der Waals surface area contributed by atoms with Gasteiger partial charge in [0.05, 0.1) is 16.9 Å². The fraction of sp³-hybridized carbons (Fsp3) is 0.167. The average molecular weight is 378 g/mol. The smallest absolute Gasteiger partial charge is 0.240 e. The van der Waals surface area contributed by atoms with Gasteiger partial charge in [-0.15, -0.1) is 0 Å². The van der Waals surface area contributed by atoms with Gasteiger partial charge in [-0.1, -0.05) is 47.5 Å². The van der Waals surface area contributed by atoms with E-state index in [9.17, 15) is 9.59 Å². The van der Waals surface area contributed by atoms with Crippen LogP contribution in [0.4, 0.5) is 5.69 Å². The van der Waals surface area contributed by atoms with Crippen LogP contribution >= 0.6 is 23.2 Å². The van der Waals surface area contributed by atoms with Crippen molar-refractivity contribution in [3.8, 4) is 0 Å². The number of carbonyl (C=O) groups is 2. The molecule has 2 amide bonds. The molecule has 0 fully saturated rings. The van der Waals surface area contributed by atoms with Crippen LogP contribution in [-0.2, 0) is 9.59 Å². The molecule has 0 atom stereocenters. The molecule has 2 aromatic rings. The third kappa shape index (κ3) is 6.21. The van der Waals surface area contributed by atoms with Gasteiger partial charge in [0.25, 0.3) is 0 Å². The molecule has 0 heterocycles. The second-order valence-electron chi connectivity index (χ2n) is 5.32. The van der Waals surface area contributed by atoms with Crippen molar-refractivity contribution in [2.75, 3.05) is 5.32 Å². The van der Waals surface area contributed by atoms with Crippen LogP contribution in [-0.4, -0.2) is 18.0 Å². The molecule has 2 N–H and O–H groups in total. The highest BCUT2D eigenvalue weighted by Gasteiger charge is 2.09. The van der Waals surface area contributed by atoms with Gasteiger partial charge in [0.2, 0.25) is 11.8 Å². The summed E-state index contributed by atoms with van der Waals surface area (Å²) < 4.78 is 0. The number of aryl methyl sites for hydroxylation is 1. The van der Waals surface area contributed by atoms with Crippen molar-refractivity contribution in [2.45, 2.75) is 19.8 Å². The first kappa shape index (κ1) is 19.0. The molecule has 7 heteroatoms. The molecule has 0 bridgehead atoms. The number of carbonyl (C=O) groups excluding carboxylic acids is 2. The second kappa shape index (κ2) is 9.20. The van der Waals surface area contributed by atoms with E-state index in [2.05, 4.69) is 15.8 Å². The molecule has 0 aliphatic heterocycles. The molecule has 130 valence electrons. The van der Waals surface area contributed by atoms with Gasteiger partial charge in [-0.3, -0.25) is 9.59 Å². The number of hydrogen-bond acceptors (Lipinski definition) is 3. The predicted molar refractivity (Wildman–Crippen MR) is 101 cm³/mol. The van der Waals surface area contributed by atoms with E-state index >= 15 is 0 Å². The first-order valence-electron chi connectivity index (χ1n) is 7.58. The van der Waals surface area contributed by atoms with Gasteiger partial charge in [0.1, 0.15) is 0 Å². The Bertz CT molecular complexity index is 807. The van der Waals surface area contributed by atoms with Crippen LogP contribution in [0.3, 0.4) is 0 Å². The minimum absolute atomic E-state index is 0.0160. The Balaban J connectivity index is 1.77. The van der Waals surface area contributed by atoms with E-state index in [4.69, 9.17) is 23.2 Å². The molecule has 0 unspecified atom stereocenters. The minimum Gasteiger partial charge on any atom is -0.325 e. The first-order chi connectivity index (χ1) is 12.0. The molecule has 0 radical (unpaired) electrons. The fourth-order valence-corrected chi connectivity index (χ4v) is 2.45. The summed E-state index contributed by atoms with van der Waals surface area (Å²) in [7, 11) is 0. The highest BCUT2D eigenvalue weighted by Crippen LogP contribution is 2.25. The highest BCUT2D eigenvalue weighted by molar-refractivity contribution is 6.36. The third-order valence-corrected chi connectivity index (χ3v) is 3.91.